The number of benzene rings is 1. The average molecular weight is 562 g/mol. The maximum atomic E-state index is 11.8. The van der Waals surface area contributed by atoms with Crippen molar-refractivity contribution in [2.24, 2.45) is 0 Å². The minimum absolute atomic E-state index is 0.175. The van der Waals surface area contributed by atoms with Crippen molar-refractivity contribution in [3.05, 3.63) is 35.9 Å². The topological polar surface area (TPSA) is 126 Å². The lowest BCUT2D eigenvalue weighted by molar-refractivity contribution is -0.137. The number of hydrogen-bond acceptors (Lipinski definition) is 6. The van der Waals surface area contributed by atoms with Gasteiger partial charge in [-0.3, -0.25) is 4.79 Å². The van der Waals surface area contributed by atoms with Crippen LogP contribution in [0, 0.1) is 0 Å². The smallest absolute Gasteiger partial charge is 0.407 e. The Morgan fingerprint density at radius 2 is 1.48 bits per heavy atom. The molecule has 2 saturated carbocycles. The van der Waals surface area contributed by atoms with Gasteiger partial charge in [-0.1, -0.05) is 68.9 Å². The van der Waals surface area contributed by atoms with Crippen molar-refractivity contribution >= 4 is 18.2 Å². The Kier molecular flexibility index (Phi) is 15.5. The van der Waals surface area contributed by atoms with Crippen LogP contribution in [-0.2, 0) is 20.9 Å². The summed E-state index contributed by atoms with van der Waals surface area (Å²) in [6, 6.07) is 10.5. The van der Waals surface area contributed by atoms with E-state index in [2.05, 4.69) is 16.0 Å². The van der Waals surface area contributed by atoms with E-state index < -0.39 is 29.8 Å². The molecular formula is C31H51N3O6. The zero-order valence-electron chi connectivity index (χ0n) is 24.7. The summed E-state index contributed by atoms with van der Waals surface area (Å²) in [6.07, 6.45) is 14.0. The third-order valence-corrected chi connectivity index (χ3v) is 7.04. The summed E-state index contributed by atoms with van der Waals surface area (Å²) in [5.41, 5.74) is 0.220. The summed E-state index contributed by atoms with van der Waals surface area (Å²) in [7, 11) is 0. The maximum absolute atomic E-state index is 11.8. The quantitative estimate of drug-likeness (QED) is 0.234. The summed E-state index contributed by atoms with van der Waals surface area (Å²) in [5, 5.41) is 18.0. The lowest BCUT2D eigenvalue weighted by Gasteiger charge is -2.30. The van der Waals surface area contributed by atoms with Gasteiger partial charge in [0.15, 0.2) is 0 Å². The first kappa shape index (κ1) is 33.4. The van der Waals surface area contributed by atoms with Crippen LogP contribution < -0.4 is 16.0 Å². The van der Waals surface area contributed by atoms with Gasteiger partial charge in [-0.05, 0) is 64.9 Å². The first-order valence-electron chi connectivity index (χ1n) is 15.0. The number of ether oxygens (including phenoxy) is 2. The zero-order chi connectivity index (χ0) is 29.2. The first-order valence-corrected chi connectivity index (χ1v) is 15.0. The number of hydrogen-bond donors (Lipinski definition) is 4. The minimum atomic E-state index is -1.02. The van der Waals surface area contributed by atoms with E-state index in [0.29, 0.717) is 19.4 Å². The SMILES string of the molecule is C1CCC(NC2CCCCC2)CC1.CC(C)(C)OC(=O)N[C@@H](CCCNC(=O)OCc1ccccc1)CC(=O)O. The third kappa shape index (κ3) is 16.3. The standard InChI is InChI=1S/C19H28N2O6.C12H23N/c1-19(2,3)27-18(25)21-15(12-16(22)23)10-7-11-20-17(24)26-13-14-8-5-4-6-9-14;1-3-7-11(8-4-1)13-12-9-5-2-6-10-12/h4-6,8-9,15H,7,10-13H2,1-3H3,(H,20,24)(H,21,25)(H,22,23);11-13H,1-10H2/t15-;/m0./s1. The van der Waals surface area contributed by atoms with Crippen LogP contribution in [0.4, 0.5) is 9.59 Å². The molecule has 4 N–H and O–H groups in total. The molecule has 2 aliphatic rings. The van der Waals surface area contributed by atoms with Gasteiger partial charge in [-0.25, -0.2) is 9.59 Å². The highest BCUT2D eigenvalue weighted by Gasteiger charge is 2.21. The second-order valence-corrected chi connectivity index (χ2v) is 11.9. The Morgan fingerprint density at radius 3 is 2.00 bits per heavy atom. The molecule has 0 radical (unpaired) electrons. The molecule has 0 heterocycles. The lowest BCUT2D eigenvalue weighted by atomic mass is 9.91. The van der Waals surface area contributed by atoms with Gasteiger partial charge in [0.2, 0.25) is 0 Å². The summed E-state index contributed by atoms with van der Waals surface area (Å²) >= 11 is 0. The van der Waals surface area contributed by atoms with Gasteiger partial charge in [-0.2, -0.15) is 0 Å². The molecule has 0 unspecified atom stereocenters. The van der Waals surface area contributed by atoms with Crippen LogP contribution in [0.15, 0.2) is 30.3 Å². The summed E-state index contributed by atoms with van der Waals surface area (Å²) in [5.74, 6) is -1.02. The lowest BCUT2D eigenvalue weighted by Crippen LogP contribution is -2.40. The molecule has 2 fully saturated rings. The number of alkyl carbamates (subject to hydrolysis) is 2. The Bertz CT molecular complexity index is 846. The molecule has 1 atom stereocenters. The van der Waals surface area contributed by atoms with E-state index in [0.717, 1.165) is 17.6 Å². The Hall–Kier alpha value is -2.81. The number of carboxylic acids is 1. The molecule has 3 rings (SSSR count). The van der Waals surface area contributed by atoms with E-state index in [1.165, 1.54) is 64.2 Å². The molecule has 2 amide bonds. The molecule has 0 spiro atoms. The number of nitrogens with one attached hydrogen (secondary N) is 3. The molecule has 0 aliphatic heterocycles. The summed E-state index contributed by atoms with van der Waals surface area (Å²) < 4.78 is 10.2. The Morgan fingerprint density at radius 1 is 0.900 bits per heavy atom. The molecule has 226 valence electrons. The van der Waals surface area contributed by atoms with Crippen molar-refractivity contribution in [1.82, 2.24) is 16.0 Å². The predicted octanol–water partition coefficient (Wildman–Crippen LogP) is 6.30. The number of amides is 2. The second-order valence-electron chi connectivity index (χ2n) is 11.9. The van der Waals surface area contributed by atoms with Crippen molar-refractivity contribution in [1.29, 1.82) is 0 Å². The minimum Gasteiger partial charge on any atom is -0.481 e. The van der Waals surface area contributed by atoms with Gasteiger partial charge in [0.1, 0.15) is 12.2 Å². The van der Waals surface area contributed by atoms with Gasteiger partial charge >= 0.3 is 18.2 Å². The molecule has 9 nitrogen and oxygen atoms in total. The van der Waals surface area contributed by atoms with E-state index in [4.69, 9.17) is 14.6 Å². The van der Waals surface area contributed by atoms with Gasteiger partial charge < -0.3 is 30.5 Å². The van der Waals surface area contributed by atoms with Crippen molar-refractivity contribution < 1.29 is 29.0 Å². The largest absolute Gasteiger partial charge is 0.481 e. The zero-order valence-corrected chi connectivity index (χ0v) is 24.7. The monoisotopic (exact) mass is 561 g/mol. The molecular weight excluding hydrogens is 510 g/mol. The summed E-state index contributed by atoms with van der Waals surface area (Å²) in [4.78, 5) is 34.4. The first-order chi connectivity index (χ1) is 19.1. The van der Waals surface area contributed by atoms with Crippen LogP contribution in [0.2, 0.25) is 0 Å². The number of carbonyl (C=O) groups is 3. The van der Waals surface area contributed by atoms with E-state index >= 15 is 0 Å². The highest BCUT2D eigenvalue weighted by molar-refractivity contribution is 5.71. The van der Waals surface area contributed by atoms with E-state index in [1.807, 2.05) is 30.3 Å². The van der Waals surface area contributed by atoms with Crippen molar-refractivity contribution in [3.63, 3.8) is 0 Å². The number of rotatable bonds is 11. The number of carboxylic acid groups (broad SMARTS) is 1. The van der Waals surface area contributed by atoms with Crippen molar-refractivity contribution in [3.8, 4) is 0 Å². The van der Waals surface area contributed by atoms with Crippen LogP contribution in [0.5, 0.6) is 0 Å². The molecule has 1 aromatic rings. The molecule has 9 heteroatoms. The molecule has 40 heavy (non-hydrogen) atoms. The van der Waals surface area contributed by atoms with Crippen molar-refractivity contribution in [2.75, 3.05) is 6.54 Å². The second kappa shape index (κ2) is 18.5. The van der Waals surface area contributed by atoms with E-state index in [1.54, 1.807) is 20.8 Å². The predicted molar refractivity (Wildman–Crippen MR) is 156 cm³/mol. The Balaban J connectivity index is 0.000000355. The number of carbonyl (C=O) groups excluding carboxylic acids is 2. The summed E-state index contributed by atoms with van der Waals surface area (Å²) in [6.45, 7) is 5.66. The third-order valence-electron chi connectivity index (χ3n) is 7.04. The van der Waals surface area contributed by atoms with E-state index in [9.17, 15) is 14.4 Å². The normalized spacial score (nSPS) is 17.1. The van der Waals surface area contributed by atoms with Crippen LogP contribution >= 0.6 is 0 Å². The fraction of sp³-hybridized carbons (Fsp3) is 0.710. The fourth-order valence-corrected chi connectivity index (χ4v) is 5.10. The van der Waals surface area contributed by atoms with Crippen molar-refractivity contribution in [2.45, 2.75) is 135 Å². The average Bonchev–Trinajstić information content (AvgIpc) is 2.90. The molecule has 0 aromatic heterocycles. The molecule has 0 saturated heterocycles. The molecule has 2 aliphatic carbocycles. The van der Waals surface area contributed by atoms with Gasteiger partial charge in [-0.15, -0.1) is 0 Å². The molecule has 0 bridgehead atoms. The van der Waals surface area contributed by atoms with Crippen LogP contribution in [0.3, 0.4) is 0 Å². The van der Waals surface area contributed by atoms with Gasteiger partial charge in [0.25, 0.3) is 0 Å². The Labute approximate surface area is 240 Å². The highest BCUT2D eigenvalue weighted by Crippen LogP contribution is 2.22. The fourth-order valence-electron chi connectivity index (χ4n) is 5.10. The van der Waals surface area contributed by atoms with Gasteiger partial charge in [0.05, 0.1) is 6.42 Å². The van der Waals surface area contributed by atoms with Crippen LogP contribution in [0.1, 0.15) is 110 Å². The number of aliphatic carboxylic acids is 1. The van der Waals surface area contributed by atoms with E-state index in [-0.39, 0.29) is 13.0 Å². The van der Waals surface area contributed by atoms with Gasteiger partial charge in [0, 0.05) is 24.7 Å². The highest BCUT2D eigenvalue weighted by atomic mass is 16.6. The van der Waals surface area contributed by atoms with Crippen LogP contribution in [-0.4, -0.2) is 53.5 Å². The van der Waals surface area contributed by atoms with Crippen LogP contribution in [0.25, 0.3) is 0 Å². The maximum Gasteiger partial charge on any atom is 0.407 e. The molecule has 1 aromatic carbocycles.